The van der Waals surface area contributed by atoms with E-state index >= 15 is 0 Å². The Morgan fingerprint density at radius 2 is 1.96 bits per heavy atom. The molecule has 1 amide bonds. The van der Waals surface area contributed by atoms with Gasteiger partial charge in [0.05, 0.1) is 22.7 Å². The maximum atomic E-state index is 13.0. The van der Waals surface area contributed by atoms with Crippen molar-refractivity contribution in [3.8, 4) is 5.75 Å². The highest BCUT2D eigenvalue weighted by atomic mass is 19.1. The van der Waals surface area contributed by atoms with Gasteiger partial charge in [0.1, 0.15) is 5.82 Å². The number of fused-ring (bicyclic) bond motifs is 1. The first kappa shape index (κ1) is 15.9. The van der Waals surface area contributed by atoms with E-state index in [4.69, 9.17) is 4.74 Å². The second-order valence-corrected chi connectivity index (χ2v) is 5.67. The average Bonchev–Trinajstić information content (AvgIpc) is 2.52. The first-order valence-corrected chi connectivity index (χ1v) is 7.34. The topological polar surface area (TPSA) is 72.7 Å². The van der Waals surface area contributed by atoms with Gasteiger partial charge in [-0.05, 0) is 37.6 Å². The smallest absolute Gasteiger partial charge is 0.279 e. The van der Waals surface area contributed by atoms with Crippen LogP contribution in [0.25, 0.3) is 0 Å². The van der Waals surface area contributed by atoms with Gasteiger partial charge in [-0.1, -0.05) is 12.1 Å². The number of amides is 1. The van der Waals surface area contributed by atoms with Crippen molar-refractivity contribution in [3.05, 3.63) is 63.0 Å². The Labute approximate surface area is 137 Å². The third kappa shape index (κ3) is 2.68. The molecule has 0 spiro atoms. The van der Waals surface area contributed by atoms with E-state index in [0.717, 1.165) is 5.56 Å². The number of benzene rings is 2. The lowest BCUT2D eigenvalue weighted by Gasteiger charge is -2.30. The number of rotatable bonds is 3. The van der Waals surface area contributed by atoms with Crippen LogP contribution in [-0.4, -0.2) is 17.4 Å². The zero-order valence-electron chi connectivity index (χ0n) is 13.2. The first-order chi connectivity index (χ1) is 11.4. The van der Waals surface area contributed by atoms with E-state index in [9.17, 15) is 19.3 Å². The zero-order chi connectivity index (χ0) is 17.4. The van der Waals surface area contributed by atoms with Crippen LogP contribution in [0.4, 0.5) is 15.8 Å². The highest BCUT2D eigenvalue weighted by Gasteiger charge is 2.31. The van der Waals surface area contributed by atoms with Crippen LogP contribution in [0.2, 0.25) is 0 Å². The maximum Gasteiger partial charge on any atom is 0.279 e. The number of hydrogen-bond acceptors (Lipinski definition) is 4. The van der Waals surface area contributed by atoms with Gasteiger partial charge in [-0.15, -0.1) is 0 Å². The molecule has 7 heteroatoms. The molecule has 0 aliphatic carbocycles. The minimum atomic E-state index is -0.449. The summed E-state index contributed by atoms with van der Waals surface area (Å²) in [7, 11) is 0. The lowest BCUT2D eigenvalue weighted by Crippen LogP contribution is -2.38. The summed E-state index contributed by atoms with van der Waals surface area (Å²) >= 11 is 0. The minimum absolute atomic E-state index is 0.00942. The summed E-state index contributed by atoms with van der Waals surface area (Å²) in [6.07, 6.45) is 0. The molecule has 3 rings (SSSR count). The number of nitro groups is 1. The zero-order valence-corrected chi connectivity index (χ0v) is 13.2. The number of carbonyl (C=O) groups is 1. The second kappa shape index (κ2) is 5.92. The molecule has 0 aromatic heterocycles. The molecule has 6 nitrogen and oxygen atoms in total. The number of anilines is 1. The van der Waals surface area contributed by atoms with Crippen LogP contribution in [0, 0.1) is 29.8 Å². The predicted molar refractivity (Wildman–Crippen MR) is 85.7 cm³/mol. The molecule has 124 valence electrons. The summed E-state index contributed by atoms with van der Waals surface area (Å²) in [4.78, 5) is 24.6. The monoisotopic (exact) mass is 330 g/mol. The molecular formula is C17H15FN2O4. The summed E-state index contributed by atoms with van der Waals surface area (Å²) in [5.74, 6) is -0.261. The Kier molecular flexibility index (Phi) is 3.92. The molecule has 0 radical (unpaired) electrons. The molecule has 0 saturated heterocycles. The Bertz CT molecular complexity index is 833. The van der Waals surface area contributed by atoms with E-state index in [1.165, 1.54) is 17.0 Å². The molecule has 1 heterocycles. The Hall–Kier alpha value is -2.96. The van der Waals surface area contributed by atoms with Gasteiger partial charge in [-0.2, -0.15) is 0 Å². The van der Waals surface area contributed by atoms with Crippen molar-refractivity contribution in [1.82, 2.24) is 0 Å². The minimum Gasteiger partial charge on any atom is -0.481 e. The molecule has 0 N–H and O–H groups in total. The molecule has 0 unspecified atom stereocenters. The van der Waals surface area contributed by atoms with Gasteiger partial charge in [0.25, 0.3) is 11.6 Å². The van der Waals surface area contributed by atoms with E-state index in [-0.39, 0.29) is 30.6 Å². The summed E-state index contributed by atoms with van der Waals surface area (Å²) in [6, 6.07) is 7.44. The fourth-order valence-electron chi connectivity index (χ4n) is 2.89. The highest BCUT2D eigenvalue weighted by molar-refractivity contribution is 5.98. The van der Waals surface area contributed by atoms with Crippen LogP contribution in [-0.2, 0) is 11.3 Å². The summed E-state index contributed by atoms with van der Waals surface area (Å²) < 4.78 is 18.5. The fraction of sp³-hybridized carbons (Fsp3) is 0.235. The van der Waals surface area contributed by atoms with Gasteiger partial charge in [0.2, 0.25) is 0 Å². The van der Waals surface area contributed by atoms with Gasteiger partial charge in [0.15, 0.2) is 12.4 Å². The van der Waals surface area contributed by atoms with E-state index in [1.54, 1.807) is 32.0 Å². The van der Waals surface area contributed by atoms with Crippen molar-refractivity contribution >= 4 is 17.3 Å². The third-order valence-corrected chi connectivity index (χ3v) is 4.02. The van der Waals surface area contributed by atoms with E-state index in [0.29, 0.717) is 22.6 Å². The van der Waals surface area contributed by atoms with Crippen LogP contribution in [0.1, 0.15) is 16.7 Å². The molecule has 1 aliphatic rings. The molecule has 0 atom stereocenters. The summed E-state index contributed by atoms with van der Waals surface area (Å²) in [5.41, 5.74) is 2.09. The van der Waals surface area contributed by atoms with Crippen LogP contribution < -0.4 is 9.64 Å². The van der Waals surface area contributed by atoms with Crippen LogP contribution in [0.15, 0.2) is 30.3 Å². The van der Waals surface area contributed by atoms with E-state index < -0.39 is 4.92 Å². The van der Waals surface area contributed by atoms with Crippen molar-refractivity contribution in [3.63, 3.8) is 0 Å². The van der Waals surface area contributed by atoms with Crippen molar-refractivity contribution in [2.45, 2.75) is 20.4 Å². The predicted octanol–water partition coefficient (Wildman–Crippen LogP) is 3.28. The fourth-order valence-corrected chi connectivity index (χ4v) is 2.89. The Morgan fingerprint density at radius 3 is 2.58 bits per heavy atom. The molecule has 0 saturated carbocycles. The molecular weight excluding hydrogens is 315 g/mol. The maximum absolute atomic E-state index is 13.0. The van der Waals surface area contributed by atoms with Crippen LogP contribution >= 0.6 is 0 Å². The quantitative estimate of drug-likeness (QED) is 0.639. The number of aryl methyl sites for hydroxylation is 1. The Morgan fingerprint density at radius 1 is 1.29 bits per heavy atom. The van der Waals surface area contributed by atoms with Crippen LogP contribution in [0.5, 0.6) is 5.75 Å². The number of nitrogens with zero attached hydrogens (tertiary/aromatic N) is 2. The average molecular weight is 330 g/mol. The van der Waals surface area contributed by atoms with Crippen LogP contribution in [0.3, 0.4) is 0 Å². The largest absolute Gasteiger partial charge is 0.481 e. The van der Waals surface area contributed by atoms with E-state index in [2.05, 4.69) is 0 Å². The molecule has 0 fully saturated rings. The lowest BCUT2D eigenvalue weighted by molar-refractivity contribution is -0.386. The molecule has 2 aromatic carbocycles. The molecule has 2 aromatic rings. The van der Waals surface area contributed by atoms with Crippen molar-refractivity contribution in [2.24, 2.45) is 0 Å². The number of hydrogen-bond donors (Lipinski definition) is 0. The number of carbonyl (C=O) groups excluding carboxylic acids is 1. The number of nitro benzene ring substituents is 1. The Balaban J connectivity index is 2.06. The van der Waals surface area contributed by atoms with Gasteiger partial charge in [-0.3, -0.25) is 14.9 Å². The lowest BCUT2D eigenvalue weighted by atomic mass is 10.0. The van der Waals surface area contributed by atoms with Gasteiger partial charge >= 0.3 is 0 Å². The third-order valence-electron chi connectivity index (χ3n) is 4.02. The molecule has 0 bridgehead atoms. The van der Waals surface area contributed by atoms with Gasteiger partial charge < -0.3 is 9.64 Å². The van der Waals surface area contributed by atoms with Crippen molar-refractivity contribution < 1.29 is 18.8 Å². The van der Waals surface area contributed by atoms with Gasteiger partial charge in [-0.25, -0.2) is 4.39 Å². The van der Waals surface area contributed by atoms with Gasteiger partial charge in [0, 0.05) is 5.56 Å². The second-order valence-electron chi connectivity index (χ2n) is 5.67. The highest BCUT2D eigenvalue weighted by Crippen LogP contribution is 2.42. The van der Waals surface area contributed by atoms with Crippen molar-refractivity contribution in [2.75, 3.05) is 11.5 Å². The first-order valence-electron chi connectivity index (χ1n) is 7.34. The summed E-state index contributed by atoms with van der Waals surface area (Å²) in [5, 5.41) is 11.2. The SMILES string of the molecule is Cc1cc2c(c(C)c1[N+](=O)[O-])OCC(=O)N2Cc1ccc(F)cc1. The van der Waals surface area contributed by atoms with Crippen molar-refractivity contribution in [1.29, 1.82) is 0 Å². The summed E-state index contributed by atoms with van der Waals surface area (Å²) in [6.45, 7) is 3.29. The number of halogens is 1. The standard InChI is InChI=1S/C17H15FN2O4/c1-10-7-14-17(11(2)16(10)20(22)23)24-9-15(21)19(14)8-12-3-5-13(18)6-4-12/h3-7H,8-9H2,1-2H3. The number of ether oxygens (including phenoxy) is 1. The van der Waals surface area contributed by atoms with E-state index in [1.807, 2.05) is 0 Å². The molecule has 24 heavy (non-hydrogen) atoms. The normalized spacial score (nSPS) is 13.5. The molecule has 1 aliphatic heterocycles.